The predicted molar refractivity (Wildman–Crippen MR) is 123 cm³/mol. The summed E-state index contributed by atoms with van der Waals surface area (Å²) in [6.45, 7) is 7.99. The van der Waals surface area contributed by atoms with Gasteiger partial charge in [-0.25, -0.2) is 9.78 Å². The van der Waals surface area contributed by atoms with E-state index in [0.29, 0.717) is 44.3 Å². The van der Waals surface area contributed by atoms with Crippen molar-refractivity contribution in [3.63, 3.8) is 0 Å². The highest BCUT2D eigenvalue weighted by atomic mass is 16.5. The van der Waals surface area contributed by atoms with Gasteiger partial charge in [-0.05, 0) is 49.7 Å². The molecule has 184 valence electrons. The molecule has 0 radical (unpaired) electrons. The van der Waals surface area contributed by atoms with Gasteiger partial charge in [-0.15, -0.1) is 0 Å². The highest BCUT2D eigenvalue weighted by Gasteiger charge is 2.40. The van der Waals surface area contributed by atoms with Gasteiger partial charge in [-0.3, -0.25) is 4.79 Å². The molecular formula is C24H37N3O6. The van der Waals surface area contributed by atoms with E-state index in [0.717, 1.165) is 25.2 Å². The first-order valence-corrected chi connectivity index (χ1v) is 11.9. The van der Waals surface area contributed by atoms with Gasteiger partial charge in [0.15, 0.2) is 0 Å². The van der Waals surface area contributed by atoms with Crippen LogP contribution in [-0.2, 0) is 14.3 Å². The van der Waals surface area contributed by atoms with Gasteiger partial charge in [0.25, 0.3) is 5.91 Å². The third kappa shape index (κ3) is 5.76. The number of pyridine rings is 1. The Bertz CT molecular complexity index is 822. The SMILES string of the molecule is CCCOC(=O)C(CC)(CC)NC(=O)c1ccc(N2CC(OC)C2)c(OC[C@H]2C[C@@H]2CO)n1. The molecule has 9 heteroatoms. The van der Waals surface area contributed by atoms with Crippen molar-refractivity contribution in [2.45, 2.75) is 58.1 Å². The highest BCUT2D eigenvalue weighted by molar-refractivity contribution is 5.97. The molecule has 1 saturated carbocycles. The zero-order valence-electron chi connectivity index (χ0n) is 20.1. The second-order valence-corrected chi connectivity index (χ2v) is 8.91. The lowest BCUT2D eigenvalue weighted by molar-refractivity contribution is -0.151. The molecule has 1 aliphatic carbocycles. The Morgan fingerprint density at radius 1 is 1.21 bits per heavy atom. The summed E-state index contributed by atoms with van der Waals surface area (Å²) in [6.07, 6.45) is 2.63. The van der Waals surface area contributed by atoms with Crippen LogP contribution in [0, 0.1) is 11.8 Å². The normalized spacial score (nSPS) is 20.2. The molecule has 0 spiro atoms. The molecule has 33 heavy (non-hydrogen) atoms. The molecule has 1 aromatic rings. The molecule has 2 N–H and O–H groups in total. The largest absolute Gasteiger partial charge is 0.476 e. The first-order chi connectivity index (χ1) is 15.9. The molecular weight excluding hydrogens is 426 g/mol. The molecule has 0 unspecified atom stereocenters. The third-order valence-corrected chi connectivity index (χ3v) is 6.72. The Labute approximate surface area is 195 Å². The van der Waals surface area contributed by atoms with Gasteiger partial charge in [0.2, 0.25) is 5.88 Å². The maximum absolute atomic E-state index is 13.1. The fraction of sp³-hybridized carbons (Fsp3) is 0.708. The number of aliphatic hydroxyl groups excluding tert-OH is 1. The van der Waals surface area contributed by atoms with Gasteiger partial charge < -0.3 is 29.5 Å². The summed E-state index contributed by atoms with van der Waals surface area (Å²) in [5.74, 6) is 0.0809. The number of methoxy groups -OCH3 is 1. The molecule has 1 saturated heterocycles. The number of carbonyl (C=O) groups excluding carboxylic acids is 2. The van der Waals surface area contributed by atoms with E-state index in [4.69, 9.17) is 14.2 Å². The Hall–Kier alpha value is -2.39. The van der Waals surface area contributed by atoms with Crippen molar-refractivity contribution in [3.8, 4) is 5.88 Å². The van der Waals surface area contributed by atoms with Gasteiger partial charge in [-0.1, -0.05) is 20.8 Å². The maximum atomic E-state index is 13.1. The molecule has 1 aliphatic heterocycles. The van der Waals surface area contributed by atoms with E-state index in [2.05, 4.69) is 15.2 Å². The number of hydrogen-bond acceptors (Lipinski definition) is 8. The number of aromatic nitrogens is 1. The lowest BCUT2D eigenvalue weighted by Gasteiger charge is -2.40. The quantitative estimate of drug-likeness (QED) is 0.428. The summed E-state index contributed by atoms with van der Waals surface area (Å²) < 4.78 is 16.7. The number of carbonyl (C=O) groups is 2. The second-order valence-electron chi connectivity index (χ2n) is 8.91. The molecule has 3 rings (SSSR count). The van der Waals surface area contributed by atoms with Crippen LogP contribution in [-0.4, -0.2) is 73.6 Å². The van der Waals surface area contributed by atoms with Crippen LogP contribution >= 0.6 is 0 Å². The number of hydrogen-bond donors (Lipinski definition) is 2. The summed E-state index contributed by atoms with van der Waals surface area (Å²) in [6, 6.07) is 3.48. The van der Waals surface area contributed by atoms with E-state index in [1.807, 2.05) is 26.8 Å². The predicted octanol–water partition coefficient (Wildman–Crippen LogP) is 2.17. The number of esters is 1. The first-order valence-electron chi connectivity index (χ1n) is 11.9. The topological polar surface area (TPSA) is 110 Å². The molecule has 2 atom stereocenters. The fourth-order valence-corrected chi connectivity index (χ4v) is 4.00. The van der Waals surface area contributed by atoms with Crippen LogP contribution in [0.15, 0.2) is 12.1 Å². The van der Waals surface area contributed by atoms with Crippen LogP contribution < -0.4 is 15.0 Å². The van der Waals surface area contributed by atoms with Gasteiger partial charge in [0.05, 0.1) is 19.3 Å². The van der Waals surface area contributed by atoms with Gasteiger partial charge in [-0.2, -0.15) is 0 Å². The van der Waals surface area contributed by atoms with Crippen molar-refractivity contribution in [1.82, 2.24) is 10.3 Å². The molecule has 2 fully saturated rings. The van der Waals surface area contributed by atoms with Crippen LogP contribution in [0.3, 0.4) is 0 Å². The number of amides is 1. The van der Waals surface area contributed by atoms with Crippen molar-refractivity contribution in [1.29, 1.82) is 0 Å². The molecule has 2 heterocycles. The van der Waals surface area contributed by atoms with Crippen LogP contribution in [0.2, 0.25) is 0 Å². The number of anilines is 1. The summed E-state index contributed by atoms with van der Waals surface area (Å²) in [5.41, 5.74) is -0.110. The van der Waals surface area contributed by atoms with E-state index < -0.39 is 17.4 Å². The Balaban J connectivity index is 1.77. The summed E-state index contributed by atoms with van der Waals surface area (Å²) >= 11 is 0. The van der Waals surface area contributed by atoms with Gasteiger partial charge in [0.1, 0.15) is 16.9 Å². The lowest BCUT2D eigenvalue weighted by Crippen LogP contribution is -2.54. The summed E-state index contributed by atoms with van der Waals surface area (Å²) in [5, 5.41) is 12.2. The first kappa shape index (κ1) is 25.2. The Kier molecular flexibility index (Phi) is 8.53. The van der Waals surface area contributed by atoms with E-state index in [1.165, 1.54) is 0 Å². The minimum Gasteiger partial charge on any atom is -0.476 e. The standard InChI is InChI=1S/C24H37N3O6/c1-5-10-32-23(30)24(6-2,7-3)26-21(29)19-8-9-20(27-12-18(13-27)31-4)22(25-19)33-15-17-11-16(17)14-28/h8-9,16-18,28H,5-7,10-15H2,1-4H3,(H,26,29)/t16-,17-/m1/s1. The van der Waals surface area contributed by atoms with Crippen molar-refractivity contribution in [2.75, 3.05) is 44.9 Å². The zero-order chi connectivity index (χ0) is 24.0. The maximum Gasteiger partial charge on any atom is 0.331 e. The minimum atomic E-state index is -1.10. The van der Waals surface area contributed by atoms with Crippen molar-refractivity contribution in [3.05, 3.63) is 17.8 Å². The Morgan fingerprint density at radius 3 is 2.52 bits per heavy atom. The highest BCUT2D eigenvalue weighted by Crippen LogP contribution is 2.39. The summed E-state index contributed by atoms with van der Waals surface area (Å²) in [4.78, 5) is 32.4. The molecule has 9 nitrogen and oxygen atoms in total. The van der Waals surface area contributed by atoms with Gasteiger partial charge in [0, 0.05) is 26.8 Å². The van der Waals surface area contributed by atoms with Crippen LogP contribution in [0.4, 0.5) is 5.69 Å². The van der Waals surface area contributed by atoms with E-state index in [-0.39, 0.29) is 24.3 Å². The van der Waals surface area contributed by atoms with Crippen LogP contribution in [0.1, 0.15) is 56.9 Å². The summed E-state index contributed by atoms with van der Waals surface area (Å²) in [7, 11) is 1.69. The molecule has 2 aliphatic rings. The van der Waals surface area contributed by atoms with Crippen LogP contribution in [0.25, 0.3) is 0 Å². The van der Waals surface area contributed by atoms with E-state index in [9.17, 15) is 14.7 Å². The second kappa shape index (κ2) is 11.2. The zero-order valence-corrected chi connectivity index (χ0v) is 20.1. The average molecular weight is 464 g/mol. The lowest BCUT2D eigenvalue weighted by atomic mass is 9.92. The average Bonchev–Trinajstić information content (AvgIpc) is 3.58. The van der Waals surface area contributed by atoms with Gasteiger partial charge >= 0.3 is 5.97 Å². The van der Waals surface area contributed by atoms with Crippen molar-refractivity contribution >= 4 is 17.6 Å². The molecule has 0 aromatic carbocycles. The van der Waals surface area contributed by atoms with Crippen LogP contribution in [0.5, 0.6) is 5.88 Å². The number of nitrogens with zero attached hydrogens (tertiary/aromatic N) is 2. The Morgan fingerprint density at radius 2 is 1.94 bits per heavy atom. The number of ether oxygens (including phenoxy) is 3. The van der Waals surface area contributed by atoms with Crippen molar-refractivity contribution < 1.29 is 28.9 Å². The third-order valence-electron chi connectivity index (χ3n) is 6.72. The number of aliphatic hydroxyl groups is 1. The van der Waals surface area contributed by atoms with E-state index >= 15 is 0 Å². The number of nitrogens with one attached hydrogen (secondary N) is 1. The molecule has 1 amide bonds. The monoisotopic (exact) mass is 463 g/mol. The molecule has 1 aromatic heterocycles. The minimum absolute atomic E-state index is 0.155. The smallest absolute Gasteiger partial charge is 0.331 e. The number of rotatable bonds is 13. The van der Waals surface area contributed by atoms with E-state index in [1.54, 1.807) is 13.2 Å². The van der Waals surface area contributed by atoms with Crippen molar-refractivity contribution in [2.24, 2.45) is 11.8 Å². The molecule has 0 bridgehead atoms. The fourth-order valence-electron chi connectivity index (χ4n) is 4.00.